The summed E-state index contributed by atoms with van der Waals surface area (Å²) in [6.45, 7) is 1.32. The minimum absolute atomic E-state index is 0.0786. The van der Waals surface area contributed by atoms with Crippen molar-refractivity contribution in [3.63, 3.8) is 0 Å². The molecule has 0 radical (unpaired) electrons. The van der Waals surface area contributed by atoms with Crippen LogP contribution in [0.1, 0.15) is 12.8 Å². The number of anilines is 1. The molecule has 0 bridgehead atoms. The molecule has 1 heterocycles. The fourth-order valence-electron chi connectivity index (χ4n) is 1.54. The number of hydrogen-bond acceptors (Lipinski definition) is 6. The third-order valence-corrected chi connectivity index (χ3v) is 3.92. The molecule has 0 aliphatic carbocycles. The molecule has 4 N–H and O–H groups in total. The van der Waals surface area contributed by atoms with Crippen LogP contribution in [-0.4, -0.2) is 45.5 Å². The van der Waals surface area contributed by atoms with Gasteiger partial charge in [0.1, 0.15) is 0 Å². The number of nitrogens with one attached hydrogen (secondary N) is 2. The number of nitrogen functional groups attached to an aromatic ring is 1. The molecule has 1 aromatic heterocycles. The van der Waals surface area contributed by atoms with Crippen molar-refractivity contribution in [2.75, 3.05) is 32.6 Å². The molecule has 0 atom stereocenters. The third kappa shape index (κ3) is 5.11. The molecule has 108 valence electrons. The van der Waals surface area contributed by atoms with Crippen molar-refractivity contribution in [3.8, 4) is 0 Å². The van der Waals surface area contributed by atoms with Gasteiger partial charge >= 0.3 is 0 Å². The predicted octanol–water partition coefficient (Wildman–Crippen LogP) is -0.0127. The maximum Gasteiger partial charge on any atom is 0.260 e. The molecule has 1 rings (SSSR count). The first-order chi connectivity index (χ1) is 8.97. The van der Waals surface area contributed by atoms with E-state index < -0.39 is 10.0 Å². The van der Waals surface area contributed by atoms with Gasteiger partial charge in [-0.25, -0.2) is 18.1 Å². The molecule has 0 spiro atoms. The van der Waals surface area contributed by atoms with E-state index in [9.17, 15) is 8.42 Å². The molecule has 0 amide bonds. The fourth-order valence-corrected chi connectivity index (χ4v) is 2.71. The summed E-state index contributed by atoms with van der Waals surface area (Å²) in [7, 11) is 0.346. The van der Waals surface area contributed by atoms with Crippen LogP contribution in [0.15, 0.2) is 23.4 Å². The average molecular weight is 287 g/mol. The SMILES string of the molecule is CN(C)CCCCNS(=O)(=O)c1ncccc1NN. The van der Waals surface area contributed by atoms with Crippen molar-refractivity contribution in [1.82, 2.24) is 14.6 Å². The van der Waals surface area contributed by atoms with E-state index in [4.69, 9.17) is 5.84 Å². The lowest BCUT2D eigenvalue weighted by atomic mass is 10.3. The quantitative estimate of drug-likeness (QED) is 0.353. The van der Waals surface area contributed by atoms with Gasteiger partial charge in [0.15, 0.2) is 5.03 Å². The lowest BCUT2D eigenvalue weighted by Crippen LogP contribution is -2.27. The van der Waals surface area contributed by atoms with Crippen LogP contribution < -0.4 is 16.0 Å². The Bertz CT molecular complexity index is 490. The molecule has 0 aromatic carbocycles. The minimum atomic E-state index is -3.62. The van der Waals surface area contributed by atoms with Crippen molar-refractivity contribution in [2.24, 2.45) is 5.84 Å². The second-order valence-electron chi connectivity index (χ2n) is 4.41. The van der Waals surface area contributed by atoms with Crippen molar-refractivity contribution in [2.45, 2.75) is 17.9 Å². The second-order valence-corrected chi connectivity index (χ2v) is 6.09. The first kappa shape index (κ1) is 15.8. The van der Waals surface area contributed by atoms with Crippen molar-refractivity contribution in [1.29, 1.82) is 0 Å². The van der Waals surface area contributed by atoms with E-state index in [1.54, 1.807) is 12.1 Å². The summed E-state index contributed by atoms with van der Waals surface area (Å²) in [4.78, 5) is 5.91. The van der Waals surface area contributed by atoms with Gasteiger partial charge in [-0.3, -0.25) is 5.84 Å². The molecule has 1 aromatic rings. The topological polar surface area (TPSA) is 100 Å². The number of sulfonamides is 1. The standard InChI is InChI=1S/C11H21N5O2S/c1-16(2)9-4-3-8-14-19(17,18)11-10(15-12)6-5-7-13-11/h5-7,14-15H,3-4,8-9,12H2,1-2H3. The smallest absolute Gasteiger partial charge is 0.260 e. The highest BCUT2D eigenvalue weighted by atomic mass is 32.2. The van der Waals surface area contributed by atoms with Crippen LogP contribution in [0, 0.1) is 0 Å². The summed E-state index contributed by atoms with van der Waals surface area (Å²) < 4.78 is 26.6. The van der Waals surface area contributed by atoms with E-state index in [1.807, 2.05) is 14.1 Å². The number of pyridine rings is 1. The van der Waals surface area contributed by atoms with Crippen LogP contribution in [0.3, 0.4) is 0 Å². The molecule has 0 aliphatic heterocycles. The van der Waals surface area contributed by atoms with Crippen LogP contribution in [0.2, 0.25) is 0 Å². The van der Waals surface area contributed by atoms with Gasteiger partial charge in [0.05, 0.1) is 5.69 Å². The number of hydrazine groups is 1. The van der Waals surface area contributed by atoms with Gasteiger partial charge in [-0.05, 0) is 45.6 Å². The Balaban J connectivity index is 2.56. The first-order valence-electron chi connectivity index (χ1n) is 6.03. The Morgan fingerprint density at radius 1 is 1.37 bits per heavy atom. The first-order valence-corrected chi connectivity index (χ1v) is 7.51. The zero-order valence-electron chi connectivity index (χ0n) is 11.3. The lowest BCUT2D eigenvalue weighted by Gasteiger charge is -2.11. The molecule has 0 unspecified atom stereocenters. The van der Waals surface area contributed by atoms with Gasteiger partial charge in [-0.1, -0.05) is 0 Å². The Hall–Kier alpha value is -1.22. The van der Waals surface area contributed by atoms with Gasteiger partial charge in [0.25, 0.3) is 10.0 Å². The summed E-state index contributed by atoms with van der Waals surface area (Å²) in [5, 5.41) is -0.0786. The van der Waals surface area contributed by atoms with E-state index >= 15 is 0 Å². The number of aromatic nitrogens is 1. The summed E-state index contributed by atoms with van der Waals surface area (Å²) in [5.41, 5.74) is 2.61. The monoisotopic (exact) mass is 287 g/mol. The van der Waals surface area contributed by atoms with E-state index in [1.165, 1.54) is 6.20 Å². The summed E-state index contributed by atoms with van der Waals surface area (Å²) in [6.07, 6.45) is 3.12. The largest absolute Gasteiger partial charge is 0.321 e. The maximum absolute atomic E-state index is 12.0. The molecule has 0 saturated carbocycles. The number of hydrogen-bond donors (Lipinski definition) is 3. The number of rotatable bonds is 8. The summed E-state index contributed by atoms with van der Waals surface area (Å²) >= 11 is 0. The Morgan fingerprint density at radius 2 is 2.11 bits per heavy atom. The van der Waals surface area contributed by atoms with Crippen LogP contribution in [0.4, 0.5) is 5.69 Å². The molecule has 0 aliphatic rings. The van der Waals surface area contributed by atoms with Crippen molar-refractivity contribution < 1.29 is 8.42 Å². The van der Waals surface area contributed by atoms with E-state index in [0.717, 1.165) is 19.4 Å². The number of unbranched alkanes of at least 4 members (excludes halogenated alkanes) is 1. The molecule has 0 fully saturated rings. The zero-order valence-corrected chi connectivity index (χ0v) is 12.1. The Kier molecular flexibility index (Phi) is 6.16. The van der Waals surface area contributed by atoms with Gasteiger partial charge in [0.2, 0.25) is 0 Å². The predicted molar refractivity (Wildman–Crippen MR) is 75.0 cm³/mol. The fraction of sp³-hybridized carbons (Fsp3) is 0.545. The number of nitrogens with zero attached hydrogens (tertiary/aromatic N) is 2. The lowest BCUT2D eigenvalue weighted by molar-refractivity contribution is 0.394. The molecular weight excluding hydrogens is 266 g/mol. The van der Waals surface area contributed by atoms with Crippen LogP contribution in [0.25, 0.3) is 0 Å². The van der Waals surface area contributed by atoms with Crippen LogP contribution >= 0.6 is 0 Å². The normalized spacial score (nSPS) is 11.8. The summed E-state index contributed by atoms with van der Waals surface area (Å²) in [5.74, 6) is 5.27. The minimum Gasteiger partial charge on any atom is -0.321 e. The zero-order chi connectivity index (χ0) is 14.3. The van der Waals surface area contributed by atoms with Gasteiger partial charge in [-0.2, -0.15) is 0 Å². The Morgan fingerprint density at radius 3 is 2.74 bits per heavy atom. The van der Waals surface area contributed by atoms with E-state index in [2.05, 4.69) is 20.0 Å². The van der Waals surface area contributed by atoms with Gasteiger partial charge in [0, 0.05) is 12.7 Å². The van der Waals surface area contributed by atoms with E-state index in [-0.39, 0.29) is 10.7 Å². The third-order valence-electron chi connectivity index (χ3n) is 2.51. The second kappa shape index (κ2) is 7.39. The summed E-state index contributed by atoms with van der Waals surface area (Å²) in [6, 6.07) is 3.18. The highest BCUT2D eigenvalue weighted by molar-refractivity contribution is 7.89. The molecule has 8 heteroatoms. The Labute approximate surface area is 114 Å². The van der Waals surface area contributed by atoms with Crippen LogP contribution in [0.5, 0.6) is 0 Å². The highest BCUT2D eigenvalue weighted by Gasteiger charge is 2.18. The van der Waals surface area contributed by atoms with Crippen LogP contribution in [-0.2, 0) is 10.0 Å². The average Bonchev–Trinajstić information content (AvgIpc) is 2.37. The van der Waals surface area contributed by atoms with E-state index in [0.29, 0.717) is 6.54 Å². The van der Waals surface area contributed by atoms with Crippen molar-refractivity contribution >= 4 is 15.7 Å². The number of nitrogens with two attached hydrogens (primary N) is 1. The van der Waals surface area contributed by atoms with Crippen molar-refractivity contribution in [3.05, 3.63) is 18.3 Å². The van der Waals surface area contributed by atoms with Gasteiger partial charge < -0.3 is 10.3 Å². The molecule has 19 heavy (non-hydrogen) atoms. The maximum atomic E-state index is 12.0. The highest BCUT2D eigenvalue weighted by Crippen LogP contribution is 2.16. The molecule has 0 saturated heterocycles. The van der Waals surface area contributed by atoms with Gasteiger partial charge in [-0.15, -0.1) is 0 Å². The molecule has 7 nitrogen and oxygen atoms in total. The molecular formula is C11H21N5O2S.